The van der Waals surface area contributed by atoms with E-state index in [9.17, 15) is 5.11 Å². The Hall–Kier alpha value is -3.70. The molecule has 1 saturated heterocycles. The molecule has 0 aliphatic carbocycles. The topological polar surface area (TPSA) is 41.9 Å². The summed E-state index contributed by atoms with van der Waals surface area (Å²) < 4.78 is 11.3. The maximum Gasteiger partial charge on any atom is 0.154 e. The molecule has 4 aromatic rings. The highest BCUT2D eigenvalue weighted by Crippen LogP contribution is 2.38. The van der Waals surface area contributed by atoms with Crippen molar-refractivity contribution >= 4 is 11.1 Å². The van der Waals surface area contributed by atoms with E-state index in [1.165, 1.54) is 11.1 Å². The lowest BCUT2D eigenvalue weighted by Crippen LogP contribution is -2.48. The Morgan fingerprint density at radius 1 is 0.750 bits per heavy atom. The molecule has 0 amide bonds. The summed E-state index contributed by atoms with van der Waals surface area (Å²) in [6, 6.07) is 38.3. The molecule has 4 nitrogen and oxygen atoms in total. The number of methoxy groups -OCH3 is 1. The van der Waals surface area contributed by atoms with E-state index >= 15 is 0 Å². The van der Waals surface area contributed by atoms with Crippen LogP contribution < -0.4 is 4.74 Å². The third-order valence-corrected chi connectivity index (χ3v) is 7.77. The van der Waals surface area contributed by atoms with Crippen molar-refractivity contribution in [2.75, 3.05) is 20.2 Å². The van der Waals surface area contributed by atoms with Gasteiger partial charge in [0.25, 0.3) is 0 Å². The van der Waals surface area contributed by atoms with E-state index < -0.39 is 6.29 Å². The van der Waals surface area contributed by atoms with Gasteiger partial charge in [-0.3, -0.25) is 4.90 Å². The summed E-state index contributed by atoms with van der Waals surface area (Å²) >= 11 is 0. The van der Waals surface area contributed by atoms with Gasteiger partial charge in [0.2, 0.25) is 0 Å². The van der Waals surface area contributed by atoms with Crippen molar-refractivity contribution in [1.82, 2.24) is 4.90 Å². The van der Waals surface area contributed by atoms with Crippen LogP contribution in [0.25, 0.3) is 11.1 Å². The molecule has 1 aliphatic rings. The largest absolute Gasteiger partial charge is 0.457 e. The van der Waals surface area contributed by atoms with E-state index in [2.05, 4.69) is 79.4 Å². The second kappa shape index (κ2) is 13.1. The fraction of sp³-hybridized carbons (Fsp3) is 0.278. The number of para-hydroxylation sites is 1. The Labute approximate surface area is 238 Å². The maximum absolute atomic E-state index is 10.3. The molecule has 1 unspecified atom stereocenters. The average molecular weight is 534 g/mol. The molecule has 4 aromatic carbocycles. The first-order valence-electron chi connectivity index (χ1n) is 14.2. The SMILES string of the molecule is COC(O)CC/C(=C(\c1ccc(Oc2ccccc2)cc1)c1ccc(C2CN(C(C)C)C2)cc1)c1ccccc1. The molecule has 206 valence electrons. The number of rotatable bonds is 11. The molecule has 4 heteroatoms. The van der Waals surface area contributed by atoms with Crippen molar-refractivity contribution in [3.63, 3.8) is 0 Å². The molecule has 40 heavy (non-hydrogen) atoms. The molecule has 1 atom stereocenters. The monoisotopic (exact) mass is 533 g/mol. The van der Waals surface area contributed by atoms with Crippen LogP contribution in [0.5, 0.6) is 11.5 Å². The van der Waals surface area contributed by atoms with Gasteiger partial charge in [-0.2, -0.15) is 0 Å². The van der Waals surface area contributed by atoms with Crippen LogP contribution in [0, 0.1) is 0 Å². The summed E-state index contributed by atoms with van der Waals surface area (Å²) in [5, 5.41) is 10.3. The van der Waals surface area contributed by atoms with E-state index in [1.54, 1.807) is 7.11 Å². The van der Waals surface area contributed by atoms with Gasteiger partial charge < -0.3 is 14.6 Å². The Bertz CT molecular complexity index is 1370. The molecular formula is C36H39NO3. The molecule has 5 rings (SSSR count). The minimum absolute atomic E-state index is 0.505. The number of hydrogen-bond donors (Lipinski definition) is 1. The minimum Gasteiger partial charge on any atom is -0.457 e. The van der Waals surface area contributed by atoms with Crippen molar-refractivity contribution in [3.05, 3.63) is 131 Å². The molecule has 1 N–H and O–H groups in total. The lowest BCUT2D eigenvalue weighted by Gasteiger charge is -2.42. The van der Waals surface area contributed by atoms with Crippen LogP contribution >= 0.6 is 0 Å². The number of benzene rings is 4. The van der Waals surface area contributed by atoms with Gasteiger partial charge in [0.1, 0.15) is 11.5 Å². The molecule has 0 aromatic heterocycles. The van der Waals surface area contributed by atoms with Crippen LogP contribution in [0.4, 0.5) is 0 Å². The van der Waals surface area contributed by atoms with Crippen molar-refractivity contribution < 1.29 is 14.6 Å². The first-order valence-corrected chi connectivity index (χ1v) is 14.2. The Morgan fingerprint density at radius 3 is 1.88 bits per heavy atom. The normalized spacial score (nSPS) is 15.4. The Morgan fingerprint density at radius 2 is 1.30 bits per heavy atom. The molecule has 0 radical (unpaired) electrons. The Balaban J connectivity index is 1.53. The summed E-state index contributed by atoms with van der Waals surface area (Å²) in [4.78, 5) is 2.51. The van der Waals surface area contributed by atoms with Gasteiger partial charge in [0.05, 0.1) is 0 Å². The van der Waals surface area contributed by atoms with Crippen molar-refractivity contribution in [2.24, 2.45) is 0 Å². The smallest absolute Gasteiger partial charge is 0.154 e. The summed E-state index contributed by atoms with van der Waals surface area (Å²) in [7, 11) is 1.54. The van der Waals surface area contributed by atoms with E-state index in [0.29, 0.717) is 24.8 Å². The van der Waals surface area contributed by atoms with Crippen molar-refractivity contribution in [3.8, 4) is 11.5 Å². The standard InChI is InChI=1S/C36H39NO3/c1-26(2)37-24-31(25-37)27-14-16-29(17-15-27)36(34(22-23-35(38)39-3)28-10-6-4-7-11-28)30-18-20-33(21-19-30)40-32-12-8-5-9-13-32/h4-21,26,31,35,38H,22-25H2,1-3H3/b36-34+. The van der Waals surface area contributed by atoms with E-state index in [-0.39, 0.29) is 0 Å². The molecule has 1 heterocycles. The van der Waals surface area contributed by atoms with E-state index in [1.807, 2.05) is 48.5 Å². The maximum atomic E-state index is 10.3. The number of allylic oxidation sites excluding steroid dienone is 1. The third-order valence-electron chi connectivity index (χ3n) is 7.77. The van der Waals surface area contributed by atoms with Gasteiger partial charge in [0.15, 0.2) is 6.29 Å². The second-order valence-corrected chi connectivity index (χ2v) is 10.8. The number of hydrogen-bond acceptors (Lipinski definition) is 4. The van der Waals surface area contributed by atoms with E-state index in [4.69, 9.17) is 9.47 Å². The van der Waals surface area contributed by atoms with Crippen LogP contribution in [0.3, 0.4) is 0 Å². The molecule has 0 bridgehead atoms. The summed E-state index contributed by atoms with van der Waals surface area (Å²) in [6.07, 6.45) is 0.362. The summed E-state index contributed by atoms with van der Waals surface area (Å²) in [6.45, 7) is 6.76. The zero-order valence-electron chi connectivity index (χ0n) is 23.7. The quantitative estimate of drug-likeness (QED) is 0.157. The predicted octanol–water partition coefficient (Wildman–Crippen LogP) is 7.99. The zero-order valence-corrected chi connectivity index (χ0v) is 23.7. The van der Waals surface area contributed by atoms with Gasteiger partial charge >= 0.3 is 0 Å². The van der Waals surface area contributed by atoms with Crippen molar-refractivity contribution in [2.45, 2.75) is 44.9 Å². The van der Waals surface area contributed by atoms with E-state index in [0.717, 1.165) is 46.9 Å². The molecule has 1 aliphatic heterocycles. The number of aliphatic hydroxyl groups excluding tert-OH is 1. The van der Waals surface area contributed by atoms with Crippen LogP contribution in [-0.2, 0) is 4.74 Å². The summed E-state index contributed by atoms with van der Waals surface area (Å²) in [5.74, 6) is 2.19. The lowest BCUT2D eigenvalue weighted by molar-refractivity contribution is -0.0769. The number of ether oxygens (including phenoxy) is 2. The zero-order chi connectivity index (χ0) is 27.9. The first-order chi connectivity index (χ1) is 19.5. The molecule has 0 saturated carbocycles. The predicted molar refractivity (Wildman–Crippen MR) is 163 cm³/mol. The van der Waals surface area contributed by atoms with Crippen LogP contribution in [0.1, 0.15) is 54.9 Å². The van der Waals surface area contributed by atoms with Gasteiger partial charge in [-0.05, 0) is 77.9 Å². The minimum atomic E-state index is -0.813. The lowest BCUT2D eigenvalue weighted by atomic mass is 9.85. The number of aliphatic hydroxyl groups is 1. The fourth-order valence-corrected chi connectivity index (χ4v) is 5.34. The van der Waals surface area contributed by atoms with Gasteiger partial charge in [-0.1, -0.05) is 84.9 Å². The number of nitrogens with zero attached hydrogens (tertiary/aromatic N) is 1. The Kier molecular flexibility index (Phi) is 9.12. The van der Waals surface area contributed by atoms with Gasteiger partial charge in [-0.15, -0.1) is 0 Å². The average Bonchev–Trinajstić information content (AvgIpc) is 2.96. The van der Waals surface area contributed by atoms with Crippen LogP contribution in [0.15, 0.2) is 109 Å². The van der Waals surface area contributed by atoms with Crippen molar-refractivity contribution in [1.29, 1.82) is 0 Å². The van der Waals surface area contributed by atoms with Crippen LogP contribution in [-0.4, -0.2) is 42.5 Å². The second-order valence-electron chi connectivity index (χ2n) is 10.8. The first kappa shape index (κ1) is 27.9. The molecule has 0 spiro atoms. The highest BCUT2D eigenvalue weighted by Gasteiger charge is 2.29. The number of likely N-dealkylation sites (tertiary alicyclic amines) is 1. The molecule has 1 fully saturated rings. The van der Waals surface area contributed by atoms with Crippen LogP contribution in [0.2, 0.25) is 0 Å². The van der Waals surface area contributed by atoms with Gasteiger partial charge in [-0.25, -0.2) is 0 Å². The third kappa shape index (κ3) is 6.71. The highest BCUT2D eigenvalue weighted by atomic mass is 16.6. The highest BCUT2D eigenvalue weighted by molar-refractivity contribution is 5.98. The van der Waals surface area contributed by atoms with Gasteiger partial charge in [0, 0.05) is 38.6 Å². The molecular weight excluding hydrogens is 494 g/mol. The summed E-state index contributed by atoms with van der Waals surface area (Å²) in [5.41, 5.74) is 7.13. The fourth-order valence-electron chi connectivity index (χ4n) is 5.34.